The van der Waals surface area contributed by atoms with Crippen LogP contribution < -0.4 is 5.32 Å². The molecular formula is C23H32N2O3. The van der Waals surface area contributed by atoms with Crippen LogP contribution in [0.25, 0.3) is 0 Å². The Hall–Kier alpha value is -2.30. The number of aryl methyl sites for hydroxylation is 1. The molecule has 1 atom stereocenters. The summed E-state index contributed by atoms with van der Waals surface area (Å²) in [6, 6.07) is 2.20. The number of allylic oxidation sites excluding steroid dienone is 1. The molecule has 0 radical (unpaired) electrons. The molecule has 1 aromatic rings. The van der Waals surface area contributed by atoms with Gasteiger partial charge >= 0.3 is 5.97 Å². The lowest BCUT2D eigenvalue weighted by atomic mass is 9.83. The van der Waals surface area contributed by atoms with Gasteiger partial charge in [-0.2, -0.15) is 0 Å². The summed E-state index contributed by atoms with van der Waals surface area (Å²) in [5.74, 6) is -0.0718. The van der Waals surface area contributed by atoms with E-state index in [1.165, 1.54) is 30.4 Å². The molecule has 0 saturated heterocycles. The van der Waals surface area contributed by atoms with E-state index in [0.29, 0.717) is 11.7 Å². The maximum atomic E-state index is 10.9. The molecule has 1 unspecified atom stereocenters. The number of benzene rings is 1. The SMILES string of the molecule is Cc1cc(NCC(=O)O)c(C)c(C)c1CC1CC=C(O)C(C2CCCCC2)=N1. The monoisotopic (exact) mass is 384 g/mol. The molecule has 1 aromatic carbocycles. The summed E-state index contributed by atoms with van der Waals surface area (Å²) >= 11 is 0. The lowest BCUT2D eigenvalue weighted by molar-refractivity contribution is -0.134. The largest absolute Gasteiger partial charge is 0.506 e. The van der Waals surface area contributed by atoms with Gasteiger partial charge in [0.1, 0.15) is 12.3 Å². The average Bonchev–Trinajstić information content (AvgIpc) is 2.68. The van der Waals surface area contributed by atoms with Crippen LogP contribution in [0, 0.1) is 26.7 Å². The number of aliphatic carboxylic acids is 1. The lowest BCUT2D eigenvalue weighted by Gasteiger charge is -2.28. The van der Waals surface area contributed by atoms with Gasteiger partial charge in [0.2, 0.25) is 0 Å². The number of rotatable bonds is 6. The maximum absolute atomic E-state index is 10.9. The minimum absolute atomic E-state index is 0.0825. The van der Waals surface area contributed by atoms with Crippen molar-refractivity contribution in [2.75, 3.05) is 11.9 Å². The normalized spacial score (nSPS) is 20.5. The van der Waals surface area contributed by atoms with Crippen LogP contribution in [-0.4, -0.2) is 34.5 Å². The van der Waals surface area contributed by atoms with Crippen molar-refractivity contribution in [2.24, 2.45) is 10.9 Å². The van der Waals surface area contributed by atoms with Gasteiger partial charge < -0.3 is 15.5 Å². The Labute approximate surface area is 167 Å². The van der Waals surface area contributed by atoms with Crippen molar-refractivity contribution in [3.8, 4) is 0 Å². The van der Waals surface area contributed by atoms with E-state index in [9.17, 15) is 9.90 Å². The minimum atomic E-state index is -0.864. The molecule has 5 heteroatoms. The van der Waals surface area contributed by atoms with Crippen molar-refractivity contribution in [1.82, 2.24) is 0 Å². The predicted octanol–water partition coefficient (Wildman–Crippen LogP) is 4.89. The van der Waals surface area contributed by atoms with Crippen molar-refractivity contribution >= 4 is 17.4 Å². The molecule has 28 heavy (non-hydrogen) atoms. The molecule has 1 heterocycles. The van der Waals surface area contributed by atoms with Crippen molar-refractivity contribution in [1.29, 1.82) is 0 Å². The van der Waals surface area contributed by atoms with Crippen LogP contribution in [0.15, 0.2) is 22.9 Å². The van der Waals surface area contributed by atoms with Gasteiger partial charge in [0.05, 0.1) is 11.8 Å². The van der Waals surface area contributed by atoms with Crippen LogP contribution in [0.2, 0.25) is 0 Å². The highest BCUT2D eigenvalue weighted by Crippen LogP contribution is 2.32. The second-order valence-electron chi connectivity index (χ2n) is 8.25. The number of nitrogens with zero attached hydrogens (tertiary/aromatic N) is 1. The molecule has 3 rings (SSSR count). The van der Waals surface area contributed by atoms with Crippen LogP contribution in [-0.2, 0) is 11.2 Å². The number of anilines is 1. The van der Waals surface area contributed by atoms with Gasteiger partial charge in [0.15, 0.2) is 0 Å². The highest BCUT2D eigenvalue weighted by atomic mass is 16.4. The first kappa shape index (κ1) is 20.4. The van der Waals surface area contributed by atoms with Crippen LogP contribution in [0.4, 0.5) is 5.69 Å². The third-order valence-corrected chi connectivity index (χ3v) is 6.29. The van der Waals surface area contributed by atoms with E-state index in [1.807, 2.05) is 19.1 Å². The van der Waals surface area contributed by atoms with E-state index < -0.39 is 5.97 Å². The molecule has 0 amide bonds. The zero-order valence-electron chi connectivity index (χ0n) is 17.2. The zero-order chi connectivity index (χ0) is 20.3. The molecule has 1 aliphatic heterocycles. The number of carboxylic acid groups (broad SMARTS) is 1. The average molecular weight is 385 g/mol. The third kappa shape index (κ3) is 4.57. The van der Waals surface area contributed by atoms with Crippen molar-refractivity contribution in [3.05, 3.63) is 40.2 Å². The summed E-state index contributed by atoms with van der Waals surface area (Å²) in [4.78, 5) is 15.8. The standard InChI is InChI=1S/C23H32N2O3/c1-14-11-20(24-13-22(27)28)16(3)15(2)19(14)12-18-9-10-21(26)23(25-18)17-7-5-4-6-8-17/h10-11,17-18,24,26H,4-9,12-13H2,1-3H3,(H,27,28). The number of dihydropyridines is 1. The topological polar surface area (TPSA) is 81.9 Å². The predicted molar refractivity (Wildman–Crippen MR) is 114 cm³/mol. The molecule has 3 N–H and O–H groups in total. The first-order valence-corrected chi connectivity index (χ1v) is 10.4. The van der Waals surface area contributed by atoms with Crippen LogP contribution >= 0.6 is 0 Å². The van der Waals surface area contributed by atoms with E-state index in [1.54, 1.807) is 0 Å². The molecular weight excluding hydrogens is 352 g/mol. The van der Waals surface area contributed by atoms with Gasteiger partial charge in [0, 0.05) is 11.6 Å². The number of aliphatic imine (C=N–C) groups is 1. The number of aliphatic hydroxyl groups excluding tert-OH is 1. The summed E-state index contributed by atoms with van der Waals surface area (Å²) < 4.78 is 0. The molecule has 0 spiro atoms. The minimum Gasteiger partial charge on any atom is -0.506 e. The highest BCUT2D eigenvalue weighted by Gasteiger charge is 2.26. The first-order chi connectivity index (χ1) is 13.4. The van der Waals surface area contributed by atoms with Crippen LogP contribution in [0.3, 0.4) is 0 Å². The first-order valence-electron chi connectivity index (χ1n) is 10.4. The lowest BCUT2D eigenvalue weighted by Crippen LogP contribution is -2.26. The molecule has 1 saturated carbocycles. The molecule has 1 fully saturated rings. The van der Waals surface area contributed by atoms with Crippen molar-refractivity contribution in [2.45, 2.75) is 71.8 Å². The number of hydrogen-bond donors (Lipinski definition) is 3. The van der Waals surface area contributed by atoms with E-state index in [-0.39, 0.29) is 12.6 Å². The summed E-state index contributed by atoms with van der Waals surface area (Å²) in [5.41, 5.74) is 6.53. The van der Waals surface area contributed by atoms with Gasteiger partial charge in [-0.15, -0.1) is 0 Å². The van der Waals surface area contributed by atoms with Crippen molar-refractivity contribution < 1.29 is 15.0 Å². The highest BCUT2D eigenvalue weighted by molar-refractivity contribution is 6.00. The Morgan fingerprint density at radius 1 is 1.18 bits per heavy atom. The number of carbonyl (C=O) groups is 1. The van der Waals surface area contributed by atoms with E-state index in [4.69, 9.17) is 10.1 Å². The summed E-state index contributed by atoms with van der Waals surface area (Å²) in [6.07, 6.45) is 9.55. The second kappa shape index (κ2) is 8.80. The molecule has 152 valence electrons. The molecule has 5 nitrogen and oxygen atoms in total. The Bertz CT molecular complexity index is 805. The van der Waals surface area contributed by atoms with Gasteiger partial charge in [-0.05, 0) is 80.9 Å². The van der Waals surface area contributed by atoms with E-state index >= 15 is 0 Å². The molecule has 2 aliphatic rings. The Morgan fingerprint density at radius 2 is 1.89 bits per heavy atom. The van der Waals surface area contributed by atoms with Crippen LogP contribution in [0.1, 0.15) is 60.8 Å². The van der Waals surface area contributed by atoms with Gasteiger partial charge in [-0.25, -0.2) is 0 Å². The summed E-state index contributed by atoms with van der Waals surface area (Å²) in [7, 11) is 0. The van der Waals surface area contributed by atoms with Crippen LogP contribution in [0.5, 0.6) is 0 Å². The maximum Gasteiger partial charge on any atom is 0.322 e. The Kier molecular flexibility index (Phi) is 6.42. The Balaban J connectivity index is 1.80. The fraction of sp³-hybridized carbons (Fsp3) is 0.565. The number of nitrogens with one attached hydrogen (secondary N) is 1. The zero-order valence-corrected chi connectivity index (χ0v) is 17.2. The summed E-state index contributed by atoms with van der Waals surface area (Å²) in [6.45, 7) is 6.13. The summed E-state index contributed by atoms with van der Waals surface area (Å²) in [5, 5.41) is 22.3. The Morgan fingerprint density at radius 3 is 2.57 bits per heavy atom. The number of aliphatic hydroxyl groups is 1. The fourth-order valence-corrected chi connectivity index (χ4v) is 4.53. The fourth-order valence-electron chi connectivity index (χ4n) is 4.53. The van der Waals surface area contributed by atoms with Gasteiger partial charge in [0.25, 0.3) is 0 Å². The number of carboxylic acids is 1. The van der Waals surface area contributed by atoms with Crippen molar-refractivity contribution in [3.63, 3.8) is 0 Å². The third-order valence-electron chi connectivity index (χ3n) is 6.29. The van der Waals surface area contributed by atoms with Gasteiger partial charge in [-0.1, -0.05) is 19.3 Å². The van der Waals surface area contributed by atoms with Gasteiger partial charge in [-0.3, -0.25) is 9.79 Å². The molecule has 0 bridgehead atoms. The molecule has 0 aromatic heterocycles. The number of hydrogen-bond acceptors (Lipinski definition) is 4. The molecule has 1 aliphatic carbocycles. The van der Waals surface area contributed by atoms with E-state index in [0.717, 1.165) is 48.2 Å². The van der Waals surface area contributed by atoms with E-state index in [2.05, 4.69) is 19.2 Å². The second-order valence-corrected chi connectivity index (χ2v) is 8.25. The smallest absolute Gasteiger partial charge is 0.322 e. The quantitative estimate of drug-likeness (QED) is 0.652.